The van der Waals surface area contributed by atoms with Crippen molar-refractivity contribution in [2.75, 3.05) is 18.9 Å². The van der Waals surface area contributed by atoms with E-state index in [4.69, 9.17) is 4.42 Å². The number of urea groups is 1. The van der Waals surface area contributed by atoms with Crippen LogP contribution < -0.4 is 5.32 Å². The minimum atomic E-state index is -0.304. The Hall–Kier alpha value is -2.41. The fourth-order valence-corrected chi connectivity index (χ4v) is 3.16. The third-order valence-electron chi connectivity index (χ3n) is 4.63. The number of benzene rings is 1. The largest absolute Gasteiger partial charge is 0.421 e. The molecule has 1 aromatic carbocycles. The standard InChI is InChI=1S/C18H24N4O3/c1-12-20-21-17(25-12)13-7-9-15(10-8-13)19-18(24)22(2)11-14-5-3-4-6-16(14)23/h7-10,14,16,23H,3-6,11H2,1-2H3,(H,19,24). The van der Waals surface area contributed by atoms with Gasteiger partial charge < -0.3 is 19.7 Å². The molecule has 0 aliphatic heterocycles. The van der Waals surface area contributed by atoms with E-state index < -0.39 is 0 Å². The maximum atomic E-state index is 12.3. The maximum absolute atomic E-state index is 12.3. The van der Waals surface area contributed by atoms with E-state index in [-0.39, 0.29) is 18.1 Å². The van der Waals surface area contributed by atoms with E-state index in [2.05, 4.69) is 15.5 Å². The van der Waals surface area contributed by atoms with Crippen molar-refractivity contribution < 1.29 is 14.3 Å². The molecule has 0 bridgehead atoms. The Morgan fingerprint density at radius 2 is 2.00 bits per heavy atom. The number of aromatic nitrogens is 2. The van der Waals surface area contributed by atoms with Crippen LogP contribution in [0.2, 0.25) is 0 Å². The van der Waals surface area contributed by atoms with Gasteiger partial charge >= 0.3 is 6.03 Å². The molecule has 1 saturated carbocycles. The van der Waals surface area contributed by atoms with E-state index in [1.54, 1.807) is 31.0 Å². The van der Waals surface area contributed by atoms with Gasteiger partial charge in [0, 0.05) is 37.7 Å². The third kappa shape index (κ3) is 4.36. The Kier molecular flexibility index (Phi) is 5.33. The van der Waals surface area contributed by atoms with Crippen LogP contribution >= 0.6 is 0 Å². The van der Waals surface area contributed by atoms with Gasteiger partial charge in [-0.1, -0.05) is 12.8 Å². The van der Waals surface area contributed by atoms with Crippen LogP contribution in [0.15, 0.2) is 28.7 Å². The predicted molar refractivity (Wildman–Crippen MR) is 94.1 cm³/mol. The second kappa shape index (κ2) is 7.65. The van der Waals surface area contributed by atoms with E-state index in [0.29, 0.717) is 24.0 Å². The van der Waals surface area contributed by atoms with Gasteiger partial charge in [-0.3, -0.25) is 0 Å². The summed E-state index contributed by atoms with van der Waals surface area (Å²) in [5, 5.41) is 20.7. The first-order valence-electron chi connectivity index (χ1n) is 8.63. The number of rotatable bonds is 4. The second-order valence-electron chi connectivity index (χ2n) is 6.63. The van der Waals surface area contributed by atoms with Crippen LogP contribution in [-0.4, -0.2) is 45.9 Å². The molecule has 2 amide bonds. The molecule has 1 aliphatic carbocycles. The number of carbonyl (C=O) groups excluding carboxylic acids is 1. The third-order valence-corrected chi connectivity index (χ3v) is 4.63. The van der Waals surface area contributed by atoms with Crippen molar-refractivity contribution in [2.24, 2.45) is 5.92 Å². The Labute approximate surface area is 147 Å². The second-order valence-corrected chi connectivity index (χ2v) is 6.63. The van der Waals surface area contributed by atoms with Gasteiger partial charge in [0.25, 0.3) is 0 Å². The van der Waals surface area contributed by atoms with Gasteiger partial charge in [-0.2, -0.15) is 0 Å². The molecule has 1 heterocycles. The van der Waals surface area contributed by atoms with E-state index in [9.17, 15) is 9.90 Å². The van der Waals surface area contributed by atoms with Crippen LogP contribution in [0.1, 0.15) is 31.6 Å². The number of amides is 2. The highest BCUT2D eigenvalue weighted by Crippen LogP contribution is 2.25. The zero-order valence-corrected chi connectivity index (χ0v) is 14.6. The van der Waals surface area contributed by atoms with Crippen LogP contribution in [0.3, 0.4) is 0 Å². The van der Waals surface area contributed by atoms with Gasteiger partial charge in [0.15, 0.2) is 0 Å². The van der Waals surface area contributed by atoms with Crippen LogP contribution in [0.4, 0.5) is 10.5 Å². The summed E-state index contributed by atoms with van der Waals surface area (Å²) in [6.07, 6.45) is 3.68. The lowest BCUT2D eigenvalue weighted by Crippen LogP contribution is -2.40. The molecule has 25 heavy (non-hydrogen) atoms. The summed E-state index contributed by atoms with van der Waals surface area (Å²) in [5.74, 6) is 1.13. The molecular formula is C18H24N4O3. The molecule has 0 radical (unpaired) electrons. The topological polar surface area (TPSA) is 91.5 Å². The molecule has 2 aromatic rings. The molecule has 1 aliphatic rings. The van der Waals surface area contributed by atoms with Crippen LogP contribution in [0.5, 0.6) is 0 Å². The van der Waals surface area contributed by atoms with Gasteiger partial charge in [0.2, 0.25) is 11.8 Å². The zero-order chi connectivity index (χ0) is 17.8. The Balaban J connectivity index is 1.56. The minimum absolute atomic E-state index is 0.160. The summed E-state index contributed by atoms with van der Waals surface area (Å²) in [6, 6.07) is 7.08. The summed E-state index contributed by atoms with van der Waals surface area (Å²) < 4.78 is 5.38. The number of aryl methyl sites for hydroxylation is 1. The summed E-state index contributed by atoms with van der Waals surface area (Å²) in [5.41, 5.74) is 1.50. The SMILES string of the molecule is Cc1nnc(-c2ccc(NC(=O)N(C)CC3CCCCC3O)cc2)o1. The molecule has 1 fully saturated rings. The molecule has 3 rings (SSSR count). The molecule has 1 aromatic heterocycles. The number of anilines is 1. The van der Waals surface area contributed by atoms with Crippen molar-refractivity contribution in [3.8, 4) is 11.5 Å². The Morgan fingerprint density at radius 1 is 1.28 bits per heavy atom. The van der Waals surface area contributed by atoms with Crippen molar-refractivity contribution in [1.82, 2.24) is 15.1 Å². The fraction of sp³-hybridized carbons (Fsp3) is 0.500. The maximum Gasteiger partial charge on any atom is 0.321 e. The molecule has 2 unspecified atom stereocenters. The predicted octanol–water partition coefficient (Wildman–Crippen LogP) is 3.06. The van der Waals surface area contributed by atoms with E-state index in [1.165, 1.54) is 0 Å². The molecule has 2 atom stereocenters. The Morgan fingerprint density at radius 3 is 2.64 bits per heavy atom. The van der Waals surface area contributed by atoms with E-state index >= 15 is 0 Å². The normalized spacial score (nSPS) is 20.3. The molecule has 134 valence electrons. The summed E-state index contributed by atoms with van der Waals surface area (Å²) in [7, 11) is 1.76. The van der Waals surface area contributed by atoms with Crippen molar-refractivity contribution in [3.05, 3.63) is 30.2 Å². The first-order valence-corrected chi connectivity index (χ1v) is 8.63. The quantitative estimate of drug-likeness (QED) is 0.889. The van der Waals surface area contributed by atoms with Crippen molar-refractivity contribution in [2.45, 2.75) is 38.7 Å². The van der Waals surface area contributed by atoms with Crippen molar-refractivity contribution in [1.29, 1.82) is 0 Å². The average Bonchev–Trinajstić information content (AvgIpc) is 3.04. The average molecular weight is 344 g/mol. The number of aliphatic hydroxyl groups is 1. The smallest absolute Gasteiger partial charge is 0.321 e. The highest BCUT2D eigenvalue weighted by atomic mass is 16.4. The van der Waals surface area contributed by atoms with Crippen molar-refractivity contribution in [3.63, 3.8) is 0 Å². The van der Waals surface area contributed by atoms with Gasteiger partial charge in [-0.15, -0.1) is 10.2 Å². The highest BCUT2D eigenvalue weighted by molar-refractivity contribution is 5.89. The summed E-state index contributed by atoms with van der Waals surface area (Å²) in [6.45, 7) is 2.30. The number of nitrogens with zero attached hydrogens (tertiary/aromatic N) is 3. The van der Waals surface area contributed by atoms with Crippen LogP contribution in [-0.2, 0) is 0 Å². The first kappa shape index (κ1) is 17.4. The number of hydrogen-bond acceptors (Lipinski definition) is 5. The number of carbonyl (C=O) groups is 1. The lowest BCUT2D eigenvalue weighted by atomic mass is 9.86. The van der Waals surface area contributed by atoms with Gasteiger partial charge in [0.1, 0.15) is 0 Å². The van der Waals surface area contributed by atoms with Gasteiger partial charge in [-0.25, -0.2) is 4.79 Å². The monoisotopic (exact) mass is 344 g/mol. The molecule has 0 spiro atoms. The molecule has 7 nitrogen and oxygen atoms in total. The number of hydrogen-bond donors (Lipinski definition) is 2. The van der Waals surface area contributed by atoms with Gasteiger partial charge in [0.05, 0.1) is 6.10 Å². The number of nitrogens with one attached hydrogen (secondary N) is 1. The first-order chi connectivity index (χ1) is 12.0. The molecule has 2 N–H and O–H groups in total. The summed E-state index contributed by atoms with van der Waals surface area (Å²) >= 11 is 0. The zero-order valence-electron chi connectivity index (χ0n) is 14.6. The van der Waals surface area contributed by atoms with Crippen LogP contribution in [0.25, 0.3) is 11.5 Å². The summed E-state index contributed by atoms with van der Waals surface area (Å²) in [4.78, 5) is 14.0. The number of aliphatic hydroxyl groups excluding tert-OH is 1. The highest BCUT2D eigenvalue weighted by Gasteiger charge is 2.25. The van der Waals surface area contributed by atoms with Crippen molar-refractivity contribution >= 4 is 11.7 Å². The lowest BCUT2D eigenvalue weighted by Gasteiger charge is -2.31. The lowest BCUT2D eigenvalue weighted by molar-refractivity contribution is 0.0575. The van der Waals surface area contributed by atoms with E-state index in [0.717, 1.165) is 31.2 Å². The van der Waals surface area contributed by atoms with Gasteiger partial charge in [-0.05, 0) is 37.1 Å². The van der Waals surface area contributed by atoms with Crippen LogP contribution in [0, 0.1) is 12.8 Å². The molecular weight excluding hydrogens is 320 g/mol. The molecule has 0 saturated heterocycles. The van der Waals surface area contributed by atoms with E-state index in [1.807, 2.05) is 12.1 Å². The molecule has 7 heteroatoms. The minimum Gasteiger partial charge on any atom is -0.421 e. The Bertz CT molecular complexity index is 713. The fourth-order valence-electron chi connectivity index (χ4n) is 3.16.